The summed E-state index contributed by atoms with van der Waals surface area (Å²) in [5.41, 5.74) is 1.72. The molecule has 0 heterocycles. The van der Waals surface area contributed by atoms with E-state index in [1.165, 1.54) is 12.8 Å². The number of anilines is 1. The van der Waals surface area contributed by atoms with Gasteiger partial charge in [-0.2, -0.15) is 0 Å². The van der Waals surface area contributed by atoms with E-state index in [0.717, 1.165) is 11.3 Å². The maximum atomic E-state index is 11.9. The normalized spacial score (nSPS) is 14.8. The predicted octanol–water partition coefficient (Wildman–Crippen LogP) is 1.96. The second kappa shape index (κ2) is 3.93. The van der Waals surface area contributed by atoms with Crippen molar-refractivity contribution in [3.8, 4) is 0 Å². The molecule has 0 atom stereocenters. The van der Waals surface area contributed by atoms with Crippen LogP contribution in [0.25, 0.3) is 0 Å². The molecule has 0 radical (unpaired) electrons. The largest absolute Gasteiger partial charge is 0.382 e. The molecule has 2 rings (SSSR count). The molecule has 3 heteroatoms. The van der Waals surface area contributed by atoms with Crippen LogP contribution in [0.2, 0.25) is 0 Å². The maximum absolute atomic E-state index is 11.9. The number of rotatable bonds is 3. The van der Waals surface area contributed by atoms with E-state index < -0.39 is 0 Å². The molecule has 1 N–H and O–H groups in total. The Kier molecular flexibility index (Phi) is 2.62. The number of hydrogen-bond acceptors (Lipinski definition) is 2. The minimum Gasteiger partial charge on any atom is -0.382 e. The third-order valence-electron chi connectivity index (χ3n) is 2.50. The van der Waals surface area contributed by atoms with Gasteiger partial charge in [-0.1, -0.05) is 12.1 Å². The molecule has 0 spiro atoms. The van der Waals surface area contributed by atoms with Gasteiger partial charge in [0.1, 0.15) is 0 Å². The molecule has 1 aromatic rings. The van der Waals surface area contributed by atoms with E-state index in [9.17, 15) is 4.79 Å². The molecule has 0 saturated heterocycles. The van der Waals surface area contributed by atoms with Gasteiger partial charge in [0, 0.05) is 25.8 Å². The molecular weight excluding hydrogens is 188 g/mol. The van der Waals surface area contributed by atoms with Crippen molar-refractivity contribution in [1.29, 1.82) is 0 Å². The van der Waals surface area contributed by atoms with Crippen LogP contribution in [0.5, 0.6) is 0 Å². The van der Waals surface area contributed by atoms with Gasteiger partial charge in [0.25, 0.3) is 5.91 Å². The number of benzene rings is 1. The van der Waals surface area contributed by atoms with Gasteiger partial charge in [-0.25, -0.2) is 0 Å². The zero-order valence-electron chi connectivity index (χ0n) is 9.16. The minimum atomic E-state index is 0.0544. The minimum absolute atomic E-state index is 0.0544. The molecule has 1 aliphatic rings. The topological polar surface area (TPSA) is 32.3 Å². The van der Waals surface area contributed by atoms with Crippen LogP contribution < -0.4 is 5.32 Å². The maximum Gasteiger partial charge on any atom is 0.255 e. The fraction of sp³-hybridized carbons (Fsp3) is 0.417. The molecule has 0 bridgehead atoms. The molecule has 0 aromatic heterocycles. The number of carbonyl (C=O) groups is 1. The van der Waals surface area contributed by atoms with Crippen molar-refractivity contribution in [2.75, 3.05) is 19.4 Å². The van der Waals surface area contributed by atoms with Crippen LogP contribution in [0.4, 0.5) is 5.69 Å². The van der Waals surface area contributed by atoms with Crippen molar-refractivity contribution in [2.24, 2.45) is 0 Å². The zero-order chi connectivity index (χ0) is 10.8. The van der Waals surface area contributed by atoms with E-state index in [-0.39, 0.29) is 5.91 Å². The molecule has 0 unspecified atom stereocenters. The summed E-state index contributed by atoms with van der Waals surface area (Å²) in [6.45, 7) is 0. The van der Waals surface area contributed by atoms with Crippen LogP contribution in [-0.4, -0.2) is 30.9 Å². The second-order valence-corrected chi connectivity index (χ2v) is 4.16. The molecule has 3 nitrogen and oxygen atoms in total. The molecule has 1 aliphatic carbocycles. The van der Waals surface area contributed by atoms with E-state index in [1.54, 1.807) is 19.0 Å². The Balaban J connectivity index is 2.23. The first kappa shape index (κ1) is 10.0. The molecule has 0 aliphatic heterocycles. The summed E-state index contributed by atoms with van der Waals surface area (Å²) < 4.78 is 0. The summed E-state index contributed by atoms with van der Waals surface area (Å²) in [7, 11) is 3.55. The van der Waals surface area contributed by atoms with Crippen molar-refractivity contribution in [3.05, 3.63) is 29.8 Å². The summed E-state index contributed by atoms with van der Waals surface area (Å²) in [6.07, 6.45) is 2.43. The van der Waals surface area contributed by atoms with Crippen molar-refractivity contribution >= 4 is 11.6 Å². The van der Waals surface area contributed by atoms with Crippen LogP contribution in [0, 0.1) is 0 Å². The van der Waals surface area contributed by atoms with Crippen LogP contribution in [-0.2, 0) is 0 Å². The highest BCUT2D eigenvalue weighted by Crippen LogP contribution is 2.26. The highest BCUT2D eigenvalue weighted by molar-refractivity contribution is 5.99. The molecule has 1 amide bonds. The SMILES string of the molecule is CN(C)C(=O)c1ccccc1NC1CC1. The Labute approximate surface area is 90.1 Å². The Bertz CT molecular complexity index is 370. The Morgan fingerprint density at radius 2 is 2.00 bits per heavy atom. The summed E-state index contributed by atoms with van der Waals surface area (Å²) in [5, 5.41) is 3.37. The number of nitrogens with zero attached hydrogens (tertiary/aromatic N) is 1. The van der Waals surface area contributed by atoms with Gasteiger partial charge in [0.2, 0.25) is 0 Å². The van der Waals surface area contributed by atoms with Crippen LogP contribution in [0.15, 0.2) is 24.3 Å². The average Bonchev–Trinajstić information content (AvgIpc) is 3.01. The van der Waals surface area contributed by atoms with Gasteiger partial charge < -0.3 is 10.2 Å². The molecule has 1 fully saturated rings. The molecule has 80 valence electrons. The lowest BCUT2D eigenvalue weighted by Crippen LogP contribution is -2.23. The predicted molar refractivity (Wildman–Crippen MR) is 61.1 cm³/mol. The van der Waals surface area contributed by atoms with E-state index in [4.69, 9.17) is 0 Å². The van der Waals surface area contributed by atoms with Gasteiger partial charge in [0.15, 0.2) is 0 Å². The number of amides is 1. The number of hydrogen-bond donors (Lipinski definition) is 1. The van der Waals surface area contributed by atoms with E-state index in [0.29, 0.717) is 6.04 Å². The standard InChI is InChI=1S/C12H16N2O/c1-14(2)12(15)10-5-3-4-6-11(10)13-9-7-8-9/h3-6,9,13H,7-8H2,1-2H3. The zero-order valence-corrected chi connectivity index (χ0v) is 9.16. The van der Waals surface area contributed by atoms with Crippen molar-refractivity contribution in [2.45, 2.75) is 18.9 Å². The quantitative estimate of drug-likeness (QED) is 0.816. The van der Waals surface area contributed by atoms with E-state index in [2.05, 4.69) is 5.32 Å². The van der Waals surface area contributed by atoms with E-state index >= 15 is 0 Å². The third kappa shape index (κ3) is 2.29. The number of carbonyl (C=O) groups excluding carboxylic acids is 1. The lowest BCUT2D eigenvalue weighted by Gasteiger charge is -2.14. The highest BCUT2D eigenvalue weighted by atomic mass is 16.2. The first-order valence-corrected chi connectivity index (χ1v) is 5.25. The first-order chi connectivity index (χ1) is 7.18. The Morgan fingerprint density at radius 3 is 2.60 bits per heavy atom. The summed E-state index contributed by atoms with van der Waals surface area (Å²) in [4.78, 5) is 13.5. The highest BCUT2D eigenvalue weighted by Gasteiger charge is 2.23. The van der Waals surface area contributed by atoms with Gasteiger partial charge in [-0.05, 0) is 25.0 Å². The third-order valence-corrected chi connectivity index (χ3v) is 2.50. The van der Waals surface area contributed by atoms with Crippen molar-refractivity contribution in [1.82, 2.24) is 4.90 Å². The van der Waals surface area contributed by atoms with Crippen LogP contribution >= 0.6 is 0 Å². The lowest BCUT2D eigenvalue weighted by molar-refractivity contribution is 0.0828. The Hall–Kier alpha value is -1.51. The van der Waals surface area contributed by atoms with Gasteiger partial charge >= 0.3 is 0 Å². The van der Waals surface area contributed by atoms with E-state index in [1.807, 2.05) is 24.3 Å². The van der Waals surface area contributed by atoms with Gasteiger partial charge in [0.05, 0.1) is 5.56 Å². The van der Waals surface area contributed by atoms with Crippen LogP contribution in [0.3, 0.4) is 0 Å². The smallest absolute Gasteiger partial charge is 0.255 e. The van der Waals surface area contributed by atoms with Gasteiger partial charge in [-0.15, -0.1) is 0 Å². The fourth-order valence-electron chi connectivity index (χ4n) is 1.48. The van der Waals surface area contributed by atoms with Crippen molar-refractivity contribution < 1.29 is 4.79 Å². The number of para-hydroxylation sites is 1. The van der Waals surface area contributed by atoms with Gasteiger partial charge in [-0.3, -0.25) is 4.79 Å². The summed E-state index contributed by atoms with van der Waals surface area (Å²) >= 11 is 0. The summed E-state index contributed by atoms with van der Waals surface area (Å²) in [6, 6.07) is 8.26. The Morgan fingerprint density at radius 1 is 1.33 bits per heavy atom. The second-order valence-electron chi connectivity index (χ2n) is 4.16. The molecule has 1 saturated carbocycles. The fourth-order valence-corrected chi connectivity index (χ4v) is 1.48. The average molecular weight is 204 g/mol. The molecule has 1 aromatic carbocycles. The van der Waals surface area contributed by atoms with Crippen LogP contribution in [0.1, 0.15) is 23.2 Å². The lowest BCUT2D eigenvalue weighted by atomic mass is 10.1. The molecule has 15 heavy (non-hydrogen) atoms. The first-order valence-electron chi connectivity index (χ1n) is 5.25. The van der Waals surface area contributed by atoms with Crippen molar-refractivity contribution in [3.63, 3.8) is 0 Å². The summed E-state index contributed by atoms with van der Waals surface area (Å²) in [5.74, 6) is 0.0544. The monoisotopic (exact) mass is 204 g/mol. The molecular formula is C12H16N2O. The number of nitrogens with one attached hydrogen (secondary N) is 1.